The highest BCUT2D eigenvalue weighted by molar-refractivity contribution is 14.0. The van der Waals surface area contributed by atoms with Gasteiger partial charge < -0.3 is 10.6 Å². The lowest BCUT2D eigenvalue weighted by Gasteiger charge is -2.13. The Morgan fingerprint density at radius 3 is 2.79 bits per heavy atom. The predicted octanol–water partition coefficient (Wildman–Crippen LogP) is 2.37. The molecule has 0 bridgehead atoms. The molecule has 3 rings (SSSR count). The molecule has 154 valence electrons. The normalized spacial score (nSPS) is 13.6. The molecule has 2 aromatic rings. The van der Waals surface area contributed by atoms with Crippen LogP contribution in [-0.2, 0) is 26.1 Å². The van der Waals surface area contributed by atoms with Crippen LogP contribution in [-0.4, -0.2) is 33.9 Å². The number of aromatic nitrogens is 3. The smallest absolute Gasteiger partial charge is 0.345 e. The van der Waals surface area contributed by atoms with E-state index in [2.05, 4.69) is 52.8 Å². The largest absolute Gasteiger partial charge is 0.356 e. The first-order valence-electron chi connectivity index (χ1n) is 9.75. The number of aliphatic imine (C=N–C) groups is 1. The highest BCUT2D eigenvalue weighted by Crippen LogP contribution is 2.10. The summed E-state index contributed by atoms with van der Waals surface area (Å²) in [5, 5.41) is 11.1. The number of fused-ring (bicyclic) bond motifs is 1. The van der Waals surface area contributed by atoms with Crippen molar-refractivity contribution in [1.82, 2.24) is 25.0 Å². The molecule has 0 saturated heterocycles. The summed E-state index contributed by atoms with van der Waals surface area (Å²) in [6.45, 7) is 7.14. The topological polar surface area (TPSA) is 76.2 Å². The summed E-state index contributed by atoms with van der Waals surface area (Å²) >= 11 is 0. The van der Waals surface area contributed by atoms with Crippen molar-refractivity contribution in [3.8, 4) is 0 Å². The van der Waals surface area contributed by atoms with E-state index in [1.54, 1.807) is 11.7 Å². The van der Waals surface area contributed by atoms with Gasteiger partial charge in [0.2, 0.25) is 0 Å². The van der Waals surface area contributed by atoms with Crippen molar-refractivity contribution in [1.29, 1.82) is 0 Å². The Hall–Kier alpha value is -1.84. The Morgan fingerprint density at radius 1 is 1.25 bits per heavy atom. The first kappa shape index (κ1) is 22.4. The number of nitrogens with one attached hydrogen (secondary N) is 2. The fourth-order valence-corrected chi connectivity index (χ4v) is 3.47. The molecule has 0 atom stereocenters. The molecule has 2 heterocycles. The van der Waals surface area contributed by atoms with Gasteiger partial charge in [0.05, 0.1) is 0 Å². The summed E-state index contributed by atoms with van der Waals surface area (Å²) in [6, 6.07) is 6.47. The molecule has 1 aliphatic rings. The molecule has 7 nitrogen and oxygen atoms in total. The van der Waals surface area contributed by atoms with Gasteiger partial charge in [-0.1, -0.05) is 23.8 Å². The van der Waals surface area contributed by atoms with Crippen LogP contribution >= 0.6 is 24.0 Å². The van der Waals surface area contributed by atoms with Crippen LogP contribution in [0.4, 0.5) is 0 Å². The molecule has 0 spiro atoms. The van der Waals surface area contributed by atoms with E-state index >= 15 is 0 Å². The van der Waals surface area contributed by atoms with Gasteiger partial charge in [-0.05, 0) is 44.2 Å². The van der Waals surface area contributed by atoms with Gasteiger partial charge in [0.1, 0.15) is 5.82 Å². The van der Waals surface area contributed by atoms with Crippen LogP contribution < -0.4 is 16.3 Å². The summed E-state index contributed by atoms with van der Waals surface area (Å²) in [5.74, 6) is 1.71. The minimum atomic E-state index is 0. The number of aryl methyl sites for hydroxylation is 4. The zero-order chi connectivity index (χ0) is 19.2. The maximum Gasteiger partial charge on any atom is 0.345 e. The van der Waals surface area contributed by atoms with Crippen molar-refractivity contribution >= 4 is 29.9 Å². The Bertz CT molecular complexity index is 870. The fourth-order valence-electron chi connectivity index (χ4n) is 3.47. The minimum Gasteiger partial charge on any atom is -0.356 e. The molecule has 0 amide bonds. The van der Waals surface area contributed by atoms with Crippen LogP contribution in [0.5, 0.6) is 0 Å². The number of rotatable bonds is 6. The molecule has 0 unspecified atom stereocenters. The Labute approximate surface area is 183 Å². The monoisotopic (exact) mass is 498 g/mol. The molecule has 1 aromatic heterocycles. The molecule has 0 aliphatic carbocycles. The van der Waals surface area contributed by atoms with E-state index in [4.69, 9.17) is 0 Å². The van der Waals surface area contributed by atoms with Crippen LogP contribution in [0.15, 0.2) is 28.0 Å². The molecule has 0 saturated carbocycles. The number of nitrogens with zero attached hydrogens (tertiary/aromatic N) is 4. The van der Waals surface area contributed by atoms with Crippen molar-refractivity contribution in [2.75, 3.05) is 13.6 Å². The second-order valence-corrected chi connectivity index (χ2v) is 7.17. The lowest BCUT2D eigenvalue weighted by Crippen LogP contribution is -2.38. The molecular weight excluding hydrogens is 467 g/mol. The molecular formula is C20H31IN6O. The quantitative estimate of drug-likeness (QED) is 0.278. The van der Waals surface area contributed by atoms with Gasteiger partial charge in [-0.25, -0.2) is 9.48 Å². The van der Waals surface area contributed by atoms with Gasteiger partial charge in [0.25, 0.3) is 0 Å². The second-order valence-electron chi connectivity index (χ2n) is 7.17. The zero-order valence-electron chi connectivity index (χ0n) is 17.0. The standard InChI is InChI=1S/C20H30N6O.HI/c1-15-8-9-17(16(2)13-15)14-23-19(21-3)22-10-6-12-26-20(27)25-11-5-4-7-18(25)24-26;/h8-9,13H,4-7,10-12,14H2,1-3H3,(H2,21,22,23);1H. The average Bonchev–Trinajstić information content (AvgIpc) is 2.98. The highest BCUT2D eigenvalue weighted by atomic mass is 127. The predicted molar refractivity (Wildman–Crippen MR) is 124 cm³/mol. The number of halogens is 1. The highest BCUT2D eigenvalue weighted by Gasteiger charge is 2.16. The van der Waals surface area contributed by atoms with Gasteiger partial charge in [0, 0.05) is 39.6 Å². The fraction of sp³-hybridized carbons (Fsp3) is 0.550. The van der Waals surface area contributed by atoms with Crippen LogP contribution in [0.2, 0.25) is 0 Å². The summed E-state index contributed by atoms with van der Waals surface area (Å²) in [5.41, 5.74) is 3.84. The van der Waals surface area contributed by atoms with E-state index in [-0.39, 0.29) is 29.7 Å². The lowest BCUT2D eigenvalue weighted by molar-refractivity contribution is 0.509. The maximum atomic E-state index is 12.3. The number of guanidine groups is 1. The van der Waals surface area contributed by atoms with Crippen LogP contribution in [0.25, 0.3) is 0 Å². The number of hydrogen-bond donors (Lipinski definition) is 2. The maximum absolute atomic E-state index is 12.3. The number of hydrogen-bond acceptors (Lipinski definition) is 3. The summed E-state index contributed by atoms with van der Waals surface area (Å²) < 4.78 is 3.43. The summed E-state index contributed by atoms with van der Waals surface area (Å²) in [7, 11) is 1.77. The molecule has 0 radical (unpaired) electrons. The third-order valence-electron chi connectivity index (χ3n) is 5.04. The van der Waals surface area contributed by atoms with Crippen molar-refractivity contribution < 1.29 is 0 Å². The van der Waals surface area contributed by atoms with Crippen molar-refractivity contribution in [3.05, 3.63) is 51.2 Å². The minimum absolute atomic E-state index is 0. The van der Waals surface area contributed by atoms with Crippen molar-refractivity contribution in [2.24, 2.45) is 4.99 Å². The first-order chi connectivity index (χ1) is 13.1. The van der Waals surface area contributed by atoms with E-state index in [0.29, 0.717) is 6.54 Å². The van der Waals surface area contributed by atoms with E-state index in [1.807, 2.05) is 4.57 Å². The SMILES string of the molecule is CN=C(NCCCn1nc2n(c1=O)CCCC2)NCc1ccc(C)cc1C.I. The molecule has 0 fully saturated rings. The van der Waals surface area contributed by atoms with Gasteiger partial charge in [-0.3, -0.25) is 9.56 Å². The van der Waals surface area contributed by atoms with E-state index in [1.165, 1.54) is 16.7 Å². The average molecular weight is 498 g/mol. The van der Waals surface area contributed by atoms with Gasteiger partial charge >= 0.3 is 5.69 Å². The van der Waals surface area contributed by atoms with Gasteiger partial charge in [0.15, 0.2) is 5.96 Å². The van der Waals surface area contributed by atoms with Gasteiger partial charge in [-0.15, -0.1) is 24.0 Å². The zero-order valence-corrected chi connectivity index (χ0v) is 19.3. The molecule has 1 aromatic carbocycles. The van der Waals surface area contributed by atoms with Crippen LogP contribution in [0.1, 0.15) is 41.8 Å². The molecule has 1 aliphatic heterocycles. The van der Waals surface area contributed by atoms with Crippen LogP contribution in [0, 0.1) is 13.8 Å². The summed E-state index contributed by atoms with van der Waals surface area (Å²) in [6.07, 6.45) is 3.93. The van der Waals surface area contributed by atoms with E-state index in [9.17, 15) is 4.79 Å². The lowest BCUT2D eigenvalue weighted by atomic mass is 10.1. The first-order valence-corrected chi connectivity index (χ1v) is 9.75. The van der Waals surface area contributed by atoms with Crippen molar-refractivity contribution in [3.63, 3.8) is 0 Å². The molecule has 8 heteroatoms. The Morgan fingerprint density at radius 2 is 2.07 bits per heavy atom. The number of benzene rings is 1. The van der Waals surface area contributed by atoms with Crippen molar-refractivity contribution in [2.45, 2.75) is 59.2 Å². The third-order valence-corrected chi connectivity index (χ3v) is 5.04. The Balaban J connectivity index is 0.00000280. The van der Waals surface area contributed by atoms with Crippen LogP contribution in [0.3, 0.4) is 0 Å². The second kappa shape index (κ2) is 10.6. The molecule has 28 heavy (non-hydrogen) atoms. The van der Waals surface area contributed by atoms with E-state index < -0.39 is 0 Å². The third kappa shape index (κ3) is 5.59. The molecule has 2 N–H and O–H groups in total. The summed E-state index contributed by atoms with van der Waals surface area (Å²) in [4.78, 5) is 16.6. The van der Waals surface area contributed by atoms with Gasteiger partial charge in [-0.2, -0.15) is 5.10 Å². The van der Waals surface area contributed by atoms with E-state index in [0.717, 1.165) is 57.1 Å². The Kier molecular flexibility index (Phi) is 8.53.